The van der Waals surface area contributed by atoms with Crippen LogP contribution in [0.4, 0.5) is 11.4 Å². The van der Waals surface area contributed by atoms with Crippen molar-refractivity contribution in [3.63, 3.8) is 0 Å². The van der Waals surface area contributed by atoms with Gasteiger partial charge in [-0.25, -0.2) is 13.4 Å². The summed E-state index contributed by atoms with van der Waals surface area (Å²) in [6.45, 7) is 0.999. The quantitative estimate of drug-likeness (QED) is 0.441. The summed E-state index contributed by atoms with van der Waals surface area (Å²) in [4.78, 5) is 9.03. The number of thiazole rings is 1. The van der Waals surface area contributed by atoms with Crippen LogP contribution in [0.2, 0.25) is 0 Å². The zero-order valence-electron chi connectivity index (χ0n) is 16.0. The smallest absolute Gasteiger partial charge is 0.204 e. The number of fused-ring (bicyclic) bond motifs is 3. The lowest BCUT2D eigenvalue weighted by Crippen LogP contribution is -2.13. The molecular weight excluding hydrogens is 420 g/mol. The van der Waals surface area contributed by atoms with Gasteiger partial charge < -0.3 is 15.4 Å². The predicted molar refractivity (Wildman–Crippen MR) is 120 cm³/mol. The predicted octanol–water partition coefficient (Wildman–Crippen LogP) is 3.91. The van der Waals surface area contributed by atoms with Crippen molar-refractivity contribution in [2.45, 2.75) is 4.90 Å². The van der Waals surface area contributed by atoms with Crippen LogP contribution < -0.4 is 10.6 Å². The molecule has 2 aromatic carbocycles. The lowest BCUT2D eigenvalue weighted by atomic mass is 10.1. The molecule has 0 unspecified atom stereocenters. The highest BCUT2D eigenvalue weighted by molar-refractivity contribution is 7.95. The third-order valence-electron chi connectivity index (χ3n) is 4.90. The van der Waals surface area contributed by atoms with Gasteiger partial charge in [0.15, 0.2) is 0 Å². The Labute approximate surface area is 177 Å². The molecule has 1 aliphatic rings. The van der Waals surface area contributed by atoms with Gasteiger partial charge >= 0.3 is 0 Å². The normalized spacial score (nSPS) is 14.6. The molecule has 2 N–H and O–H groups in total. The molecule has 0 amide bonds. The molecule has 0 radical (unpaired) electrons. The summed E-state index contributed by atoms with van der Waals surface area (Å²) in [7, 11) is -1.75. The van der Waals surface area contributed by atoms with Gasteiger partial charge in [-0.2, -0.15) is 0 Å². The number of nitrogens with one attached hydrogen (secondary N) is 2. The third-order valence-corrected chi connectivity index (χ3v) is 7.18. The molecule has 0 spiro atoms. The fourth-order valence-corrected chi connectivity index (χ4v) is 5.45. The summed E-state index contributed by atoms with van der Waals surface area (Å²) in [5.74, 6) is 0.358. The Morgan fingerprint density at radius 2 is 2.00 bits per heavy atom. The Bertz CT molecular complexity index is 1410. The van der Waals surface area contributed by atoms with Crippen molar-refractivity contribution < 1.29 is 13.2 Å². The van der Waals surface area contributed by atoms with Crippen LogP contribution in [0.15, 0.2) is 58.4 Å². The minimum absolute atomic E-state index is 0.237. The van der Waals surface area contributed by atoms with Crippen LogP contribution in [0.1, 0.15) is 5.56 Å². The lowest BCUT2D eigenvalue weighted by molar-refractivity contribution is 0.279. The van der Waals surface area contributed by atoms with Crippen molar-refractivity contribution in [2.75, 3.05) is 25.5 Å². The molecule has 9 heteroatoms. The van der Waals surface area contributed by atoms with E-state index in [1.165, 1.54) is 5.41 Å². The van der Waals surface area contributed by atoms with Crippen molar-refractivity contribution in [3.8, 4) is 0 Å². The molecule has 0 fully saturated rings. The number of benzene rings is 2. The maximum atomic E-state index is 12.7. The van der Waals surface area contributed by atoms with E-state index in [-0.39, 0.29) is 4.90 Å². The van der Waals surface area contributed by atoms with Crippen LogP contribution in [-0.2, 0) is 14.6 Å². The van der Waals surface area contributed by atoms with Gasteiger partial charge in [-0.05, 0) is 43.4 Å². The van der Waals surface area contributed by atoms with Gasteiger partial charge in [0.25, 0.3) is 0 Å². The molecule has 0 saturated carbocycles. The Kier molecular flexibility index (Phi) is 4.65. The second kappa shape index (κ2) is 7.35. The molecule has 1 aliphatic heterocycles. The first kappa shape index (κ1) is 19.0. The molecule has 0 atom stereocenters. The van der Waals surface area contributed by atoms with Gasteiger partial charge in [-0.1, -0.05) is 0 Å². The van der Waals surface area contributed by atoms with E-state index in [0.717, 1.165) is 27.0 Å². The second-order valence-corrected chi connectivity index (χ2v) is 9.51. The van der Waals surface area contributed by atoms with Crippen molar-refractivity contribution in [2.24, 2.45) is 0 Å². The first-order valence-electron chi connectivity index (χ1n) is 9.33. The van der Waals surface area contributed by atoms with Gasteiger partial charge in [-0.3, -0.25) is 4.98 Å². The highest BCUT2D eigenvalue weighted by Gasteiger charge is 2.29. The summed E-state index contributed by atoms with van der Waals surface area (Å²) >= 11 is 1.59. The minimum atomic E-state index is -3.57. The van der Waals surface area contributed by atoms with E-state index in [2.05, 4.69) is 20.6 Å². The monoisotopic (exact) mass is 438 g/mol. The molecule has 4 aromatic rings. The van der Waals surface area contributed by atoms with Gasteiger partial charge in [-0.15, -0.1) is 11.3 Å². The number of sulfone groups is 1. The molecule has 2 aromatic heterocycles. The number of nitrogens with zero attached hydrogens (tertiary/aromatic N) is 2. The zero-order valence-corrected chi connectivity index (χ0v) is 17.7. The van der Waals surface area contributed by atoms with E-state index in [9.17, 15) is 8.42 Å². The molecular formula is C21H18N4O3S2. The number of hydrogen-bond donors (Lipinski definition) is 2. The van der Waals surface area contributed by atoms with E-state index in [1.807, 2.05) is 36.8 Å². The fourth-order valence-electron chi connectivity index (χ4n) is 3.44. The standard InChI is InChI=1S/C21H18N4O3S2/c1-22-6-7-28-19-11-30(26,27)21-10-14-16(4-5-23-17(14)9-15(19)21)25-13-2-3-20-18(8-13)24-12-29-20/h2-5,8-12,22H,6-7H2,1H3,(H,23,25). The van der Waals surface area contributed by atoms with Crippen molar-refractivity contribution in [3.05, 3.63) is 59.1 Å². The number of hydrogen-bond acceptors (Lipinski definition) is 8. The Balaban J connectivity index is 1.56. The van der Waals surface area contributed by atoms with Crippen LogP contribution in [-0.4, -0.2) is 38.6 Å². The first-order chi connectivity index (χ1) is 14.5. The second-order valence-electron chi connectivity index (χ2n) is 6.86. The molecule has 7 nitrogen and oxygen atoms in total. The highest BCUT2D eigenvalue weighted by Crippen LogP contribution is 2.38. The van der Waals surface area contributed by atoms with Gasteiger partial charge in [0, 0.05) is 35.1 Å². The summed E-state index contributed by atoms with van der Waals surface area (Å²) in [5, 5.41) is 8.27. The molecule has 0 saturated heterocycles. The lowest BCUT2D eigenvalue weighted by Gasteiger charge is -2.12. The van der Waals surface area contributed by atoms with E-state index >= 15 is 0 Å². The van der Waals surface area contributed by atoms with E-state index in [1.54, 1.807) is 29.7 Å². The number of likely N-dealkylation sites (N-methyl/N-ethyl adjacent to an activating group) is 1. The molecule has 30 heavy (non-hydrogen) atoms. The Morgan fingerprint density at radius 3 is 2.87 bits per heavy atom. The summed E-state index contributed by atoms with van der Waals surface area (Å²) in [5.41, 5.74) is 5.61. The van der Waals surface area contributed by atoms with Crippen LogP contribution in [0.3, 0.4) is 0 Å². The number of rotatable bonds is 6. The van der Waals surface area contributed by atoms with E-state index < -0.39 is 9.84 Å². The summed E-state index contributed by atoms with van der Waals surface area (Å²) in [6, 6.07) is 11.2. The van der Waals surface area contributed by atoms with Gasteiger partial charge in [0.05, 0.1) is 31.5 Å². The van der Waals surface area contributed by atoms with E-state index in [0.29, 0.717) is 30.0 Å². The maximum Gasteiger partial charge on any atom is 0.204 e. The first-order valence-corrected chi connectivity index (χ1v) is 11.8. The molecule has 5 rings (SSSR count). The van der Waals surface area contributed by atoms with Gasteiger partial charge in [0.2, 0.25) is 9.84 Å². The average molecular weight is 439 g/mol. The van der Waals surface area contributed by atoms with Crippen molar-refractivity contribution in [1.82, 2.24) is 15.3 Å². The van der Waals surface area contributed by atoms with Crippen molar-refractivity contribution in [1.29, 1.82) is 0 Å². The zero-order chi connectivity index (χ0) is 20.7. The molecule has 152 valence electrons. The highest BCUT2D eigenvalue weighted by atomic mass is 32.2. The molecule has 0 aliphatic carbocycles. The Morgan fingerprint density at radius 1 is 1.10 bits per heavy atom. The van der Waals surface area contributed by atoms with Crippen LogP contribution in [0.5, 0.6) is 0 Å². The third kappa shape index (κ3) is 3.30. The topological polar surface area (TPSA) is 93.2 Å². The SMILES string of the molecule is CNCCOC1=CS(=O)(=O)c2cc3c(Nc4ccc5scnc5c4)ccnc3cc21. The number of ether oxygens (including phenoxy) is 1. The van der Waals surface area contributed by atoms with Crippen LogP contribution >= 0.6 is 11.3 Å². The van der Waals surface area contributed by atoms with Crippen LogP contribution in [0.25, 0.3) is 26.9 Å². The summed E-state index contributed by atoms with van der Waals surface area (Å²) in [6.07, 6.45) is 1.70. The van der Waals surface area contributed by atoms with Crippen molar-refractivity contribution >= 4 is 59.4 Å². The summed E-state index contributed by atoms with van der Waals surface area (Å²) < 4.78 is 32.2. The molecule has 0 bridgehead atoms. The average Bonchev–Trinajstić information content (AvgIpc) is 3.29. The minimum Gasteiger partial charge on any atom is -0.491 e. The molecule has 3 heterocycles. The maximum absolute atomic E-state index is 12.7. The van der Waals surface area contributed by atoms with Crippen LogP contribution in [0, 0.1) is 0 Å². The number of aromatic nitrogens is 2. The largest absolute Gasteiger partial charge is 0.491 e. The fraction of sp³-hybridized carbons (Fsp3) is 0.143. The Hall–Kier alpha value is -3.01. The number of anilines is 2. The van der Waals surface area contributed by atoms with E-state index in [4.69, 9.17) is 4.74 Å². The number of pyridine rings is 1. The van der Waals surface area contributed by atoms with Gasteiger partial charge in [0.1, 0.15) is 12.4 Å².